The fraction of sp³-hybridized carbons (Fsp3) is 0.500. The fourth-order valence-corrected chi connectivity index (χ4v) is 1.80. The summed E-state index contributed by atoms with van der Waals surface area (Å²) in [5.74, 6) is -0.139. The molecule has 5 nitrogen and oxygen atoms in total. The number of rotatable bonds is 3. The van der Waals surface area contributed by atoms with Crippen LogP contribution < -0.4 is 5.32 Å². The number of ether oxygens (including phenoxy) is 2. The molecule has 1 amide bonds. The predicted octanol–water partition coefficient (Wildman–Crippen LogP) is 0.922. The van der Waals surface area contributed by atoms with E-state index in [9.17, 15) is 4.79 Å². The van der Waals surface area contributed by atoms with Crippen LogP contribution in [0, 0.1) is 0 Å². The molecule has 1 atom stereocenters. The van der Waals surface area contributed by atoms with Crippen LogP contribution >= 0.6 is 15.9 Å². The molecule has 0 bridgehead atoms. The number of carbonyl (C=O) groups excluding carboxylic acids is 1. The summed E-state index contributed by atoms with van der Waals surface area (Å²) in [6.45, 7) is 2.23. The molecule has 1 unspecified atom stereocenters. The molecular formula is C10H13BrN2O3. The van der Waals surface area contributed by atoms with Crippen LogP contribution in [-0.2, 0) is 9.47 Å². The maximum Gasteiger partial charge on any atom is 0.267 e. The van der Waals surface area contributed by atoms with Crippen molar-refractivity contribution in [1.82, 2.24) is 10.3 Å². The Labute approximate surface area is 102 Å². The Kier molecular flexibility index (Phi) is 3.98. The van der Waals surface area contributed by atoms with Gasteiger partial charge in [0.1, 0.15) is 5.69 Å². The lowest BCUT2D eigenvalue weighted by atomic mass is 10.3. The topological polar surface area (TPSA) is 63.4 Å². The second-order valence-electron chi connectivity index (χ2n) is 3.51. The number of hydrogen-bond donors (Lipinski definition) is 2. The number of halogens is 1. The van der Waals surface area contributed by atoms with Crippen molar-refractivity contribution in [2.75, 3.05) is 26.4 Å². The molecule has 0 spiro atoms. The van der Waals surface area contributed by atoms with Gasteiger partial charge in [-0.15, -0.1) is 0 Å². The highest BCUT2D eigenvalue weighted by Gasteiger charge is 2.16. The van der Waals surface area contributed by atoms with Gasteiger partial charge >= 0.3 is 0 Å². The van der Waals surface area contributed by atoms with E-state index in [0.717, 1.165) is 4.47 Å². The zero-order valence-electron chi connectivity index (χ0n) is 8.66. The molecule has 6 heteroatoms. The van der Waals surface area contributed by atoms with Crippen molar-refractivity contribution in [3.05, 3.63) is 22.4 Å². The van der Waals surface area contributed by atoms with Gasteiger partial charge in [0.05, 0.1) is 25.9 Å². The fourth-order valence-electron chi connectivity index (χ4n) is 1.46. The first-order valence-electron chi connectivity index (χ1n) is 5.07. The van der Waals surface area contributed by atoms with Gasteiger partial charge in [-0.1, -0.05) is 0 Å². The van der Waals surface area contributed by atoms with Gasteiger partial charge in [0, 0.05) is 17.2 Å². The normalized spacial score (nSPS) is 20.7. The van der Waals surface area contributed by atoms with E-state index in [0.29, 0.717) is 32.1 Å². The summed E-state index contributed by atoms with van der Waals surface area (Å²) in [5.41, 5.74) is 0.531. The van der Waals surface area contributed by atoms with Crippen LogP contribution in [0.15, 0.2) is 16.7 Å². The van der Waals surface area contributed by atoms with Crippen molar-refractivity contribution in [3.8, 4) is 0 Å². The zero-order valence-corrected chi connectivity index (χ0v) is 10.2. The first kappa shape index (κ1) is 11.6. The molecule has 1 aliphatic rings. The summed E-state index contributed by atoms with van der Waals surface area (Å²) in [5, 5.41) is 2.79. The molecular weight excluding hydrogens is 276 g/mol. The molecule has 16 heavy (non-hydrogen) atoms. The molecule has 2 N–H and O–H groups in total. The van der Waals surface area contributed by atoms with E-state index in [1.165, 1.54) is 0 Å². The number of aromatic nitrogens is 1. The summed E-state index contributed by atoms with van der Waals surface area (Å²) >= 11 is 3.27. The minimum Gasteiger partial charge on any atom is -0.376 e. The Morgan fingerprint density at radius 2 is 2.50 bits per heavy atom. The summed E-state index contributed by atoms with van der Waals surface area (Å²) in [4.78, 5) is 14.5. The molecule has 0 radical (unpaired) electrons. The Hall–Kier alpha value is -0.850. The monoisotopic (exact) mass is 288 g/mol. The molecule has 0 aliphatic carbocycles. The standard InChI is InChI=1S/C10H13BrN2O3/c11-7-3-9(12-4-7)10(14)13-5-8-6-15-1-2-16-8/h3-4,8,12H,1-2,5-6H2,(H,13,14). The van der Waals surface area contributed by atoms with E-state index >= 15 is 0 Å². The quantitative estimate of drug-likeness (QED) is 0.870. The van der Waals surface area contributed by atoms with Gasteiger partial charge in [0.2, 0.25) is 0 Å². The van der Waals surface area contributed by atoms with Crippen LogP contribution in [0.2, 0.25) is 0 Å². The average molecular weight is 289 g/mol. The molecule has 1 fully saturated rings. The second-order valence-corrected chi connectivity index (χ2v) is 4.42. The van der Waals surface area contributed by atoms with Crippen LogP contribution in [0.1, 0.15) is 10.5 Å². The zero-order chi connectivity index (χ0) is 11.4. The third kappa shape index (κ3) is 3.07. The van der Waals surface area contributed by atoms with Gasteiger partial charge in [-0.3, -0.25) is 4.79 Å². The lowest BCUT2D eigenvalue weighted by Crippen LogP contribution is -2.39. The smallest absolute Gasteiger partial charge is 0.267 e. The van der Waals surface area contributed by atoms with Crippen molar-refractivity contribution >= 4 is 21.8 Å². The highest BCUT2D eigenvalue weighted by Crippen LogP contribution is 2.10. The first-order chi connectivity index (χ1) is 7.75. The maximum atomic E-state index is 11.6. The largest absolute Gasteiger partial charge is 0.376 e. The van der Waals surface area contributed by atoms with E-state index in [1.807, 2.05) is 0 Å². The average Bonchev–Trinajstić information content (AvgIpc) is 2.74. The van der Waals surface area contributed by atoms with E-state index in [1.54, 1.807) is 12.3 Å². The number of carbonyl (C=O) groups is 1. The molecule has 88 valence electrons. The van der Waals surface area contributed by atoms with Crippen molar-refractivity contribution in [1.29, 1.82) is 0 Å². The summed E-state index contributed by atoms with van der Waals surface area (Å²) in [7, 11) is 0. The predicted molar refractivity (Wildman–Crippen MR) is 61.4 cm³/mol. The minimum atomic E-state index is -0.139. The molecule has 1 saturated heterocycles. The van der Waals surface area contributed by atoms with E-state index in [-0.39, 0.29) is 12.0 Å². The number of nitrogens with one attached hydrogen (secondary N) is 2. The lowest BCUT2D eigenvalue weighted by Gasteiger charge is -2.22. The number of hydrogen-bond acceptors (Lipinski definition) is 3. The molecule has 1 aromatic rings. The number of H-pyrrole nitrogens is 1. The molecule has 1 aromatic heterocycles. The van der Waals surface area contributed by atoms with Crippen molar-refractivity contribution < 1.29 is 14.3 Å². The van der Waals surface area contributed by atoms with Crippen LogP contribution in [0.4, 0.5) is 0 Å². The minimum absolute atomic E-state index is 0.0453. The van der Waals surface area contributed by atoms with Crippen molar-refractivity contribution in [2.45, 2.75) is 6.10 Å². The van der Waals surface area contributed by atoms with Gasteiger partial charge in [0.15, 0.2) is 0 Å². The van der Waals surface area contributed by atoms with Crippen LogP contribution in [0.25, 0.3) is 0 Å². The van der Waals surface area contributed by atoms with E-state index in [4.69, 9.17) is 9.47 Å². The third-order valence-electron chi connectivity index (χ3n) is 2.27. The molecule has 2 rings (SSSR count). The van der Waals surface area contributed by atoms with Gasteiger partial charge in [-0.2, -0.15) is 0 Å². The van der Waals surface area contributed by atoms with Crippen LogP contribution in [0.3, 0.4) is 0 Å². The second kappa shape index (κ2) is 5.47. The third-order valence-corrected chi connectivity index (χ3v) is 2.73. The maximum absolute atomic E-state index is 11.6. The van der Waals surface area contributed by atoms with Crippen molar-refractivity contribution in [3.63, 3.8) is 0 Å². The number of amides is 1. The Bertz CT molecular complexity index is 361. The molecule has 0 aromatic carbocycles. The Morgan fingerprint density at radius 1 is 1.62 bits per heavy atom. The highest BCUT2D eigenvalue weighted by molar-refractivity contribution is 9.10. The van der Waals surface area contributed by atoms with Gasteiger partial charge < -0.3 is 19.8 Å². The Morgan fingerprint density at radius 3 is 3.12 bits per heavy atom. The SMILES string of the molecule is O=C(NCC1COCCO1)c1cc(Br)c[nH]1. The van der Waals surface area contributed by atoms with E-state index in [2.05, 4.69) is 26.2 Å². The Balaban J connectivity index is 1.79. The molecule has 2 heterocycles. The number of aromatic amines is 1. The summed E-state index contributed by atoms with van der Waals surface area (Å²) in [6, 6.07) is 1.73. The van der Waals surface area contributed by atoms with Gasteiger partial charge in [-0.25, -0.2) is 0 Å². The summed E-state index contributed by atoms with van der Waals surface area (Å²) < 4.78 is 11.5. The highest BCUT2D eigenvalue weighted by atomic mass is 79.9. The molecule has 1 aliphatic heterocycles. The first-order valence-corrected chi connectivity index (χ1v) is 5.86. The molecule has 0 saturated carbocycles. The summed E-state index contributed by atoms with van der Waals surface area (Å²) in [6.07, 6.45) is 1.67. The van der Waals surface area contributed by atoms with Gasteiger partial charge in [-0.05, 0) is 22.0 Å². The van der Waals surface area contributed by atoms with Gasteiger partial charge in [0.25, 0.3) is 5.91 Å². The van der Waals surface area contributed by atoms with Crippen LogP contribution in [-0.4, -0.2) is 43.4 Å². The van der Waals surface area contributed by atoms with Crippen molar-refractivity contribution in [2.24, 2.45) is 0 Å². The van der Waals surface area contributed by atoms with Crippen LogP contribution in [0.5, 0.6) is 0 Å². The lowest BCUT2D eigenvalue weighted by molar-refractivity contribution is -0.0855. The van der Waals surface area contributed by atoms with E-state index < -0.39 is 0 Å².